The molecule has 0 fully saturated rings. The molecule has 0 atom stereocenters. The molecule has 0 bridgehead atoms. The average molecular weight is 407 g/mol. The van der Waals surface area contributed by atoms with E-state index in [9.17, 15) is 0 Å². The summed E-state index contributed by atoms with van der Waals surface area (Å²) in [5, 5.41) is 0. The molecule has 32 heavy (non-hydrogen) atoms. The second kappa shape index (κ2) is 6.31. The van der Waals surface area contributed by atoms with Crippen molar-refractivity contribution in [2.75, 3.05) is 0 Å². The highest BCUT2D eigenvalue weighted by Crippen LogP contribution is 2.64. The fourth-order valence-corrected chi connectivity index (χ4v) is 6.29. The van der Waals surface area contributed by atoms with Crippen LogP contribution < -0.4 is 0 Å². The van der Waals surface area contributed by atoms with Gasteiger partial charge in [0, 0.05) is 0 Å². The molecule has 0 heterocycles. The topological polar surface area (TPSA) is 0 Å². The summed E-state index contributed by atoms with van der Waals surface area (Å²) >= 11 is 0. The maximum Gasteiger partial charge on any atom is 0.0731 e. The van der Waals surface area contributed by atoms with E-state index in [1.165, 1.54) is 61.2 Å². The third-order valence-corrected chi connectivity index (χ3v) is 7.42. The molecule has 0 N–H and O–H groups in total. The molecule has 0 saturated heterocycles. The van der Waals surface area contributed by atoms with Gasteiger partial charge in [0.05, 0.1) is 5.41 Å². The van der Waals surface area contributed by atoms with Crippen LogP contribution in [0.5, 0.6) is 0 Å². The van der Waals surface area contributed by atoms with E-state index >= 15 is 0 Å². The fourth-order valence-electron chi connectivity index (χ4n) is 6.29. The predicted octanol–water partition coefficient (Wildman–Crippen LogP) is 8.01. The van der Waals surface area contributed by atoms with Crippen LogP contribution in [0, 0.1) is 6.92 Å². The van der Waals surface area contributed by atoms with Gasteiger partial charge in [0.1, 0.15) is 0 Å². The summed E-state index contributed by atoms with van der Waals surface area (Å²) in [6, 6.07) is 42.6. The van der Waals surface area contributed by atoms with Crippen molar-refractivity contribution in [3.8, 4) is 33.4 Å². The number of aryl methyl sites for hydroxylation is 1. The Morgan fingerprint density at radius 3 is 1.69 bits per heavy atom. The number of benzene rings is 5. The molecule has 5 aromatic rings. The summed E-state index contributed by atoms with van der Waals surface area (Å²) in [5.74, 6) is 0. The van der Waals surface area contributed by atoms with Gasteiger partial charge in [-0.15, -0.1) is 0 Å². The molecule has 0 nitrogen and oxygen atoms in total. The lowest BCUT2D eigenvalue weighted by molar-refractivity contribution is 0.795. The van der Waals surface area contributed by atoms with E-state index in [0.717, 1.165) is 0 Å². The minimum atomic E-state index is -0.295. The molecule has 1 spiro atoms. The number of hydrogen-bond acceptors (Lipinski definition) is 0. The van der Waals surface area contributed by atoms with Gasteiger partial charge in [-0.1, -0.05) is 115 Å². The Morgan fingerprint density at radius 1 is 0.438 bits per heavy atom. The van der Waals surface area contributed by atoms with E-state index in [0.29, 0.717) is 0 Å². The van der Waals surface area contributed by atoms with Crippen molar-refractivity contribution in [2.45, 2.75) is 12.3 Å². The zero-order chi connectivity index (χ0) is 21.3. The molecule has 0 heteroatoms. The Bertz CT molecular complexity index is 1480. The Balaban J connectivity index is 1.73. The number of rotatable bonds is 1. The van der Waals surface area contributed by atoms with Crippen LogP contribution in [0.15, 0.2) is 115 Å². The van der Waals surface area contributed by atoms with E-state index in [2.05, 4.69) is 122 Å². The summed E-state index contributed by atoms with van der Waals surface area (Å²) < 4.78 is 0. The summed E-state index contributed by atoms with van der Waals surface area (Å²) in [6.07, 6.45) is 0. The smallest absolute Gasteiger partial charge is 0.0622 e. The lowest BCUT2D eigenvalue weighted by Crippen LogP contribution is -2.26. The fraction of sp³-hybridized carbons (Fsp3) is 0.0625. The van der Waals surface area contributed by atoms with E-state index in [4.69, 9.17) is 0 Å². The zero-order valence-electron chi connectivity index (χ0n) is 18.0. The molecule has 2 aliphatic rings. The lowest BCUT2D eigenvalue weighted by Gasteiger charge is -2.32. The standard InChI is InChI=1S/C32H22/c1-21-11-9-20-29-30(21)26-17-10-16-23(22-12-3-2-4-13-22)31(26)32(29)27-18-7-5-14-24(27)25-15-6-8-19-28(25)32/h2-20H,1H3. The molecule has 2 aliphatic carbocycles. The first kappa shape index (κ1) is 17.7. The second-order valence-electron chi connectivity index (χ2n) is 8.93. The minimum Gasteiger partial charge on any atom is -0.0622 e. The van der Waals surface area contributed by atoms with Gasteiger partial charge < -0.3 is 0 Å². The summed E-state index contributed by atoms with van der Waals surface area (Å²) in [6.45, 7) is 2.25. The van der Waals surface area contributed by atoms with Crippen LogP contribution in [-0.2, 0) is 5.41 Å². The van der Waals surface area contributed by atoms with Crippen LogP contribution in [0.4, 0.5) is 0 Å². The van der Waals surface area contributed by atoms with Gasteiger partial charge in [-0.3, -0.25) is 0 Å². The molecule has 150 valence electrons. The van der Waals surface area contributed by atoms with E-state index in [1.54, 1.807) is 0 Å². The first-order valence-corrected chi connectivity index (χ1v) is 11.3. The minimum absolute atomic E-state index is 0.295. The summed E-state index contributed by atoms with van der Waals surface area (Å²) in [7, 11) is 0. The van der Waals surface area contributed by atoms with Crippen LogP contribution in [0.3, 0.4) is 0 Å². The third-order valence-electron chi connectivity index (χ3n) is 7.42. The highest BCUT2D eigenvalue weighted by molar-refractivity contribution is 5.99. The highest BCUT2D eigenvalue weighted by Gasteiger charge is 2.52. The largest absolute Gasteiger partial charge is 0.0731 e. The molecule has 0 aromatic heterocycles. The van der Waals surface area contributed by atoms with Crippen molar-refractivity contribution >= 4 is 0 Å². The molecule has 0 amide bonds. The molecular formula is C32H22. The van der Waals surface area contributed by atoms with E-state index in [-0.39, 0.29) is 5.41 Å². The van der Waals surface area contributed by atoms with Gasteiger partial charge in [-0.2, -0.15) is 0 Å². The SMILES string of the molecule is Cc1cccc2c1-c1cccc(-c3ccccc3)c1C21c2ccccc2-c2ccccc21. The van der Waals surface area contributed by atoms with Crippen molar-refractivity contribution in [3.05, 3.63) is 143 Å². The Labute approximate surface area is 188 Å². The molecular weight excluding hydrogens is 384 g/mol. The maximum atomic E-state index is 2.36. The van der Waals surface area contributed by atoms with Crippen molar-refractivity contribution in [1.82, 2.24) is 0 Å². The van der Waals surface area contributed by atoms with Crippen LogP contribution in [-0.4, -0.2) is 0 Å². The highest BCUT2D eigenvalue weighted by atomic mass is 14.5. The average Bonchev–Trinajstić information content (AvgIpc) is 3.33. The Hall–Kier alpha value is -3.90. The first-order chi connectivity index (χ1) is 15.8. The predicted molar refractivity (Wildman–Crippen MR) is 133 cm³/mol. The number of hydrogen-bond donors (Lipinski definition) is 0. The van der Waals surface area contributed by atoms with Crippen molar-refractivity contribution in [1.29, 1.82) is 0 Å². The first-order valence-electron chi connectivity index (χ1n) is 11.3. The molecule has 5 aromatic carbocycles. The molecule has 7 rings (SSSR count). The van der Waals surface area contributed by atoms with Crippen LogP contribution >= 0.6 is 0 Å². The number of fused-ring (bicyclic) bond motifs is 10. The van der Waals surface area contributed by atoms with E-state index in [1.807, 2.05) is 0 Å². The quantitative estimate of drug-likeness (QED) is 0.259. The van der Waals surface area contributed by atoms with Crippen molar-refractivity contribution in [2.24, 2.45) is 0 Å². The maximum absolute atomic E-state index is 2.36. The Morgan fingerprint density at radius 2 is 0.969 bits per heavy atom. The van der Waals surface area contributed by atoms with E-state index < -0.39 is 0 Å². The van der Waals surface area contributed by atoms with Gasteiger partial charge >= 0.3 is 0 Å². The lowest BCUT2D eigenvalue weighted by atomic mass is 9.68. The summed E-state index contributed by atoms with van der Waals surface area (Å²) in [5.41, 5.74) is 14.7. The molecule has 0 saturated carbocycles. The van der Waals surface area contributed by atoms with Crippen molar-refractivity contribution < 1.29 is 0 Å². The molecule has 0 unspecified atom stereocenters. The third kappa shape index (κ3) is 2.03. The summed E-state index contributed by atoms with van der Waals surface area (Å²) in [4.78, 5) is 0. The Kier molecular flexibility index (Phi) is 3.50. The zero-order valence-corrected chi connectivity index (χ0v) is 18.0. The van der Waals surface area contributed by atoms with Gasteiger partial charge in [0.2, 0.25) is 0 Å². The normalized spacial score (nSPS) is 14.0. The monoisotopic (exact) mass is 406 g/mol. The molecule has 0 radical (unpaired) electrons. The van der Waals surface area contributed by atoms with Crippen LogP contribution in [0.1, 0.15) is 27.8 Å². The second-order valence-corrected chi connectivity index (χ2v) is 8.93. The van der Waals surface area contributed by atoms with Gasteiger partial charge in [0.25, 0.3) is 0 Å². The van der Waals surface area contributed by atoms with Gasteiger partial charge in [0.15, 0.2) is 0 Å². The van der Waals surface area contributed by atoms with Crippen LogP contribution in [0.2, 0.25) is 0 Å². The van der Waals surface area contributed by atoms with Crippen molar-refractivity contribution in [3.63, 3.8) is 0 Å². The van der Waals surface area contributed by atoms with Crippen LogP contribution in [0.25, 0.3) is 33.4 Å². The van der Waals surface area contributed by atoms with Gasteiger partial charge in [-0.25, -0.2) is 0 Å². The van der Waals surface area contributed by atoms with Gasteiger partial charge in [-0.05, 0) is 68.1 Å². The molecule has 0 aliphatic heterocycles.